The quantitative estimate of drug-likeness (QED) is 0.462. The number of hydrogen-bond acceptors (Lipinski definition) is 6. The topological polar surface area (TPSA) is 92.3 Å². The molecule has 168 valence electrons. The van der Waals surface area contributed by atoms with E-state index >= 15 is 0 Å². The number of amides is 1. The van der Waals surface area contributed by atoms with Crippen LogP contribution in [0.5, 0.6) is 0 Å². The zero-order valence-corrected chi connectivity index (χ0v) is 20.4. The average molecular weight is 517 g/mol. The Morgan fingerprint density at radius 2 is 1.75 bits per heavy atom. The molecule has 0 spiro atoms. The molecule has 0 bridgehead atoms. The van der Waals surface area contributed by atoms with Crippen LogP contribution in [0.25, 0.3) is 0 Å². The van der Waals surface area contributed by atoms with Crippen LogP contribution in [0, 0.1) is 0 Å². The lowest BCUT2D eigenvalue weighted by Crippen LogP contribution is -2.32. The van der Waals surface area contributed by atoms with E-state index in [9.17, 15) is 13.2 Å². The monoisotopic (exact) mass is 516 g/mol. The van der Waals surface area contributed by atoms with Crippen molar-refractivity contribution in [3.8, 4) is 0 Å². The molecule has 0 unspecified atom stereocenters. The number of anilines is 1. The smallest absolute Gasteiger partial charge is 0.268 e. The molecule has 7 nitrogen and oxygen atoms in total. The van der Waals surface area contributed by atoms with Gasteiger partial charge in [-0.25, -0.2) is 23.1 Å². The van der Waals surface area contributed by atoms with E-state index < -0.39 is 15.9 Å². The van der Waals surface area contributed by atoms with E-state index in [0.717, 1.165) is 17.3 Å². The molecular formula is C23H25BrN4O3S. The molecule has 0 radical (unpaired) electrons. The Labute approximate surface area is 197 Å². The summed E-state index contributed by atoms with van der Waals surface area (Å²) in [4.78, 5) is 23.6. The molecule has 0 atom stereocenters. The minimum Gasteiger partial charge on any atom is -0.344 e. The summed E-state index contributed by atoms with van der Waals surface area (Å²) in [7, 11) is -2.11. The van der Waals surface area contributed by atoms with E-state index in [-0.39, 0.29) is 10.5 Å². The fourth-order valence-corrected chi connectivity index (χ4v) is 4.33. The molecular weight excluding hydrogens is 492 g/mol. The number of carbonyl (C=O) groups excluding carboxylic acids is 1. The highest BCUT2D eigenvalue weighted by molar-refractivity contribution is 9.10. The Morgan fingerprint density at radius 1 is 1.06 bits per heavy atom. The van der Waals surface area contributed by atoms with Crippen LogP contribution in [0.4, 0.5) is 5.95 Å². The van der Waals surface area contributed by atoms with Crippen LogP contribution in [0.15, 0.2) is 70.2 Å². The van der Waals surface area contributed by atoms with Crippen LogP contribution >= 0.6 is 15.9 Å². The summed E-state index contributed by atoms with van der Waals surface area (Å²) in [5.41, 5.74) is 1.89. The van der Waals surface area contributed by atoms with Gasteiger partial charge in [-0.1, -0.05) is 59.6 Å². The lowest BCUT2D eigenvalue weighted by atomic mass is 10.1. The highest BCUT2D eigenvalue weighted by atomic mass is 79.9. The Morgan fingerprint density at radius 3 is 2.41 bits per heavy atom. The van der Waals surface area contributed by atoms with Crippen LogP contribution < -0.4 is 9.62 Å². The van der Waals surface area contributed by atoms with Crippen molar-refractivity contribution < 1.29 is 13.2 Å². The summed E-state index contributed by atoms with van der Waals surface area (Å²) in [6.45, 7) is 2.68. The zero-order chi connectivity index (χ0) is 23.1. The van der Waals surface area contributed by atoms with Crippen molar-refractivity contribution in [2.45, 2.75) is 31.1 Å². The van der Waals surface area contributed by atoms with Crippen molar-refractivity contribution in [3.05, 3.63) is 82.1 Å². The summed E-state index contributed by atoms with van der Waals surface area (Å²) in [5.74, 6) is -0.244. The molecule has 9 heteroatoms. The number of likely N-dealkylation sites (N-methyl/N-ethyl adjacent to an activating group) is 1. The zero-order valence-electron chi connectivity index (χ0n) is 18.0. The second kappa shape index (κ2) is 10.7. The third kappa shape index (κ3) is 6.14. The van der Waals surface area contributed by atoms with E-state index in [4.69, 9.17) is 0 Å². The van der Waals surface area contributed by atoms with Crippen molar-refractivity contribution in [2.75, 3.05) is 18.5 Å². The molecule has 2 aromatic carbocycles. The highest BCUT2D eigenvalue weighted by Crippen LogP contribution is 2.17. The fourth-order valence-electron chi connectivity index (χ4n) is 3.10. The highest BCUT2D eigenvalue weighted by Gasteiger charge is 2.22. The first-order valence-electron chi connectivity index (χ1n) is 10.2. The van der Waals surface area contributed by atoms with Gasteiger partial charge in [-0.3, -0.25) is 4.79 Å². The second-order valence-corrected chi connectivity index (χ2v) is 9.92. The van der Waals surface area contributed by atoms with Gasteiger partial charge in [0, 0.05) is 24.3 Å². The SMILES string of the molecule is CCCc1nc(N(C)CCc2ccccc2)ncc1C(=O)NS(=O)(=O)c1ccc(Br)cc1. The number of sulfonamides is 1. The summed E-state index contributed by atoms with van der Waals surface area (Å²) in [5, 5.41) is 0. The number of nitrogens with zero attached hydrogens (tertiary/aromatic N) is 3. The van der Waals surface area contributed by atoms with Crippen LogP contribution in [-0.4, -0.2) is 37.9 Å². The van der Waals surface area contributed by atoms with Crippen molar-refractivity contribution in [3.63, 3.8) is 0 Å². The summed E-state index contributed by atoms with van der Waals surface area (Å²) < 4.78 is 28.1. The molecule has 32 heavy (non-hydrogen) atoms. The maximum Gasteiger partial charge on any atom is 0.268 e. The molecule has 0 aliphatic rings. The van der Waals surface area contributed by atoms with Gasteiger partial charge < -0.3 is 4.90 Å². The Hall–Kier alpha value is -2.78. The minimum absolute atomic E-state index is 0.00396. The number of halogens is 1. The number of benzene rings is 2. The minimum atomic E-state index is -4.01. The first-order chi connectivity index (χ1) is 15.3. The summed E-state index contributed by atoms with van der Waals surface area (Å²) in [6.07, 6.45) is 3.52. The lowest BCUT2D eigenvalue weighted by molar-refractivity contribution is 0.0979. The number of hydrogen-bond donors (Lipinski definition) is 1. The molecule has 1 amide bonds. The number of carbonyl (C=O) groups is 1. The van der Waals surface area contributed by atoms with Gasteiger partial charge in [-0.05, 0) is 42.7 Å². The molecule has 1 aromatic heterocycles. The molecule has 0 saturated heterocycles. The maximum absolute atomic E-state index is 12.8. The number of rotatable bonds is 9. The lowest BCUT2D eigenvalue weighted by Gasteiger charge is -2.19. The summed E-state index contributed by atoms with van der Waals surface area (Å²) >= 11 is 3.27. The molecule has 0 fully saturated rings. The van der Waals surface area contributed by atoms with Gasteiger partial charge in [0.15, 0.2) is 0 Å². The average Bonchev–Trinajstić information content (AvgIpc) is 2.78. The second-order valence-electron chi connectivity index (χ2n) is 7.33. The first-order valence-corrected chi connectivity index (χ1v) is 12.5. The van der Waals surface area contributed by atoms with Crippen LogP contribution in [-0.2, 0) is 22.9 Å². The molecule has 0 aliphatic heterocycles. The van der Waals surface area contributed by atoms with Gasteiger partial charge in [0.2, 0.25) is 5.95 Å². The van der Waals surface area contributed by atoms with Gasteiger partial charge in [-0.15, -0.1) is 0 Å². The van der Waals surface area contributed by atoms with Gasteiger partial charge in [0.05, 0.1) is 16.2 Å². The molecule has 1 heterocycles. The predicted molar refractivity (Wildman–Crippen MR) is 128 cm³/mol. The van der Waals surface area contributed by atoms with E-state index in [1.54, 1.807) is 12.1 Å². The third-order valence-corrected chi connectivity index (χ3v) is 6.73. The van der Waals surface area contributed by atoms with Crippen molar-refractivity contribution >= 4 is 37.8 Å². The standard InChI is InChI=1S/C23H25BrN4O3S/c1-3-7-21-20(22(29)27-32(30,31)19-12-10-18(24)11-13-19)16-25-23(26-21)28(2)15-14-17-8-5-4-6-9-17/h4-6,8-13,16H,3,7,14-15H2,1-2H3,(H,27,29). The molecule has 1 N–H and O–H groups in total. The van der Waals surface area contributed by atoms with Crippen LogP contribution in [0.2, 0.25) is 0 Å². The number of aryl methyl sites for hydroxylation is 1. The largest absolute Gasteiger partial charge is 0.344 e. The fraction of sp³-hybridized carbons (Fsp3) is 0.261. The van der Waals surface area contributed by atoms with E-state index in [2.05, 4.69) is 42.8 Å². The van der Waals surface area contributed by atoms with E-state index in [1.807, 2.05) is 37.1 Å². The molecule has 3 aromatic rings. The Balaban J connectivity index is 1.77. The van der Waals surface area contributed by atoms with Crippen LogP contribution in [0.3, 0.4) is 0 Å². The predicted octanol–water partition coefficient (Wildman–Crippen LogP) is 3.99. The van der Waals surface area contributed by atoms with Crippen LogP contribution in [0.1, 0.15) is 35.0 Å². The summed E-state index contributed by atoms with van der Waals surface area (Å²) in [6, 6.07) is 16.2. The van der Waals surface area contributed by atoms with E-state index in [0.29, 0.717) is 24.6 Å². The van der Waals surface area contributed by atoms with Gasteiger partial charge in [0.1, 0.15) is 0 Å². The first kappa shape index (κ1) is 23.9. The normalized spacial score (nSPS) is 11.2. The molecule has 0 aliphatic carbocycles. The van der Waals surface area contributed by atoms with Crippen molar-refractivity contribution in [1.82, 2.24) is 14.7 Å². The maximum atomic E-state index is 12.8. The van der Waals surface area contributed by atoms with Crippen molar-refractivity contribution in [1.29, 1.82) is 0 Å². The third-order valence-electron chi connectivity index (χ3n) is 4.86. The molecule has 0 saturated carbocycles. The van der Waals surface area contributed by atoms with Gasteiger partial charge in [0.25, 0.3) is 15.9 Å². The van der Waals surface area contributed by atoms with E-state index in [1.165, 1.54) is 23.9 Å². The Kier molecular flexibility index (Phi) is 7.98. The van der Waals surface area contributed by atoms with Gasteiger partial charge >= 0.3 is 0 Å². The molecule has 3 rings (SSSR count). The van der Waals surface area contributed by atoms with Crippen molar-refractivity contribution in [2.24, 2.45) is 0 Å². The number of aromatic nitrogens is 2. The number of nitrogens with one attached hydrogen (secondary N) is 1. The van der Waals surface area contributed by atoms with Gasteiger partial charge in [-0.2, -0.15) is 0 Å². The Bertz CT molecular complexity index is 1170.